The van der Waals surface area contributed by atoms with Gasteiger partial charge in [-0.2, -0.15) is 0 Å². The van der Waals surface area contributed by atoms with Crippen LogP contribution in [0.15, 0.2) is 9.59 Å². The normalized spacial score (nSPS) is 11.3. The van der Waals surface area contributed by atoms with Gasteiger partial charge in [-0.3, -0.25) is 9.59 Å². The molecule has 0 atom stereocenters. The lowest BCUT2D eigenvalue weighted by Crippen LogP contribution is -2.37. The summed E-state index contributed by atoms with van der Waals surface area (Å²) in [5.74, 6) is 0. The van der Waals surface area contributed by atoms with E-state index >= 15 is 0 Å². The summed E-state index contributed by atoms with van der Waals surface area (Å²) in [5.41, 5.74) is 0.362. The van der Waals surface area contributed by atoms with E-state index in [9.17, 15) is 9.59 Å². The van der Waals surface area contributed by atoms with Crippen LogP contribution < -0.4 is 21.5 Å². The van der Waals surface area contributed by atoms with Crippen LogP contribution in [0.25, 0.3) is 0 Å². The fraction of sp³-hybridized carbons (Fsp3) is 0.857. The molecule has 0 bridgehead atoms. The summed E-state index contributed by atoms with van der Waals surface area (Å²) in [5, 5.41) is 6.42. The Labute approximate surface area is 198 Å². The zero-order valence-electron chi connectivity index (χ0n) is 21.4. The van der Waals surface area contributed by atoms with Gasteiger partial charge in [-0.25, -0.2) is 0 Å². The minimum Gasteiger partial charge on any atom is -0.380 e. The van der Waals surface area contributed by atoms with Crippen molar-refractivity contribution in [3.63, 3.8) is 0 Å². The molecule has 0 amide bonds. The van der Waals surface area contributed by atoms with Crippen molar-refractivity contribution in [1.82, 2.24) is 0 Å². The van der Waals surface area contributed by atoms with Crippen LogP contribution >= 0.6 is 0 Å². The Bertz CT molecular complexity index is 565. The number of unbranched alkanes of at least 4 members (excludes halogenated alkanes) is 18. The van der Waals surface area contributed by atoms with Crippen molar-refractivity contribution >= 4 is 11.4 Å². The second kappa shape index (κ2) is 20.3. The quantitative estimate of drug-likeness (QED) is 0.124. The summed E-state index contributed by atoms with van der Waals surface area (Å²) in [4.78, 5) is 23.8. The minimum absolute atomic E-state index is 0.345. The first-order valence-electron chi connectivity index (χ1n) is 14.0. The Morgan fingerprint density at radius 3 is 0.938 bits per heavy atom. The second-order valence-electron chi connectivity index (χ2n) is 9.63. The summed E-state index contributed by atoms with van der Waals surface area (Å²) in [6.07, 6.45) is 26.0. The highest BCUT2D eigenvalue weighted by Gasteiger charge is 2.19. The van der Waals surface area contributed by atoms with Crippen molar-refractivity contribution in [2.24, 2.45) is 0 Å². The highest BCUT2D eigenvalue weighted by Crippen LogP contribution is 2.16. The number of nitrogens with one attached hydrogen (secondary N) is 2. The molecule has 186 valence electrons. The fourth-order valence-electron chi connectivity index (χ4n) is 4.38. The summed E-state index contributed by atoms with van der Waals surface area (Å²) in [6, 6.07) is 0. The van der Waals surface area contributed by atoms with Crippen molar-refractivity contribution in [1.29, 1.82) is 0 Å². The average Bonchev–Trinajstić information content (AvgIpc) is 2.81. The van der Waals surface area contributed by atoms with Gasteiger partial charge in [0.2, 0.25) is 0 Å². The van der Waals surface area contributed by atoms with Gasteiger partial charge in [0.1, 0.15) is 11.4 Å². The Balaban J connectivity index is 2.00. The third-order valence-electron chi connectivity index (χ3n) is 6.57. The predicted octanol–water partition coefficient (Wildman–Crippen LogP) is 7.95. The maximum absolute atomic E-state index is 11.9. The number of rotatable bonds is 24. The average molecular weight is 449 g/mol. The SMILES string of the molecule is CCCCCCCCCCCCNc1c(NCCCCCCCCCCCC)c(=O)c1=O. The monoisotopic (exact) mass is 448 g/mol. The molecule has 4 nitrogen and oxygen atoms in total. The van der Waals surface area contributed by atoms with Crippen molar-refractivity contribution in [3.05, 3.63) is 20.4 Å². The molecule has 1 aromatic carbocycles. The topological polar surface area (TPSA) is 58.2 Å². The van der Waals surface area contributed by atoms with E-state index in [-0.39, 0.29) is 10.9 Å². The summed E-state index contributed by atoms with van der Waals surface area (Å²) >= 11 is 0. The smallest absolute Gasteiger partial charge is 0.253 e. The van der Waals surface area contributed by atoms with E-state index < -0.39 is 0 Å². The lowest BCUT2D eigenvalue weighted by Gasteiger charge is -2.14. The van der Waals surface area contributed by atoms with Gasteiger partial charge in [0.15, 0.2) is 0 Å². The maximum atomic E-state index is 11.9. The molecule has 32 heavy (non-hydrogen) atoms. The van der Waals surface area contributed by atoms with Crippen LogP contribution in [0.2, 0.25) is 0 Å². The zero-order valence-corrected chi connectivity index (χ0v) is 21.4. The van der Waals surface area contributed by atoms with Crippen molar-refractivity contribution in [3.8, 4) is 0 Å². The highest BCUT2D eigenvalue weighted by molar-refractivity contribution is 5.73. The molecular formula is C28H52N2O2. The van der Waals surface area contributed by atoms with Crippen molar-refractivity contribution in [2.75, 3.05) is 23.7 Å². The van der Waals surface area contributed by atoms with Crippen LogP contribution in [0, 0.1) is 0 Å². The standard InChI is InChI=1S/C28H52N2O2/c1-3-5-7-9-11-13-15-17-19-21-23-29-25-26(28(32)27(25)31)30-24-22-20-18-16-14-12-10-8-6-4-2/h29-30H,3-24H2,1-2H3. The third kappa shape index (κ3) is 13.3. The first kappa shape index (κ1) is 28.7. The summed E-state index contributed by atoms with van der Waals surface area (Å²) in [7, 11) is 0. The van der Waals surface area contributed by atoms with E-state index in [4.69, 9.17) is 0 Å². The van der Waals surface area contributed by atoms with E-state index in [1.54, 1.807) is 0 Å². The van der Waals surface area contributed by atoms with Crippen LogP contribution in [0.5, 0.6) is 0 Å². The molecular weight excluding hydrogens is 396 g/mol. The molecule has 0 radical (unpaired) electrons. The first-order valence-corrected chi connectivity index (χ1v) is 14.0. The largest absolute Gasteiger partial charge is 0.380 e. The van der Waals surface area contributed by atoms with Gasteiger partial charge in [-0.1, -0.05) is 129 Å². The molecule has 0 aromatic heterocycles. The maximum Gasteiger partial charge on any atom is 0.253 e. The Morgan fingerprint density at radius 1 is 0.406 bits per heavy atom. The molecule has 0 saturated heterocycles. The number of hydrogen-bond donors (Lipinski definition) is 2. The van der Waals surface area contributed by atoms with Crippen LogP contribution in [0.4, 0.5) is 11.4 Å². The molecule has 1 rings (SSSR count). The van der Waals surface area contributed by atoms with Crippen LogP contribution in [0.3, 0.4) is 0 Å². The van der Waals surface area contributed by atoms with Crippen molar-refractivity contribution < 1.29 is 0 Å². The number of hydrogen-bond acceptors (Lipinski definition) is 4. The molecule has 4 heteroatoms. The second-order valence-corrected chi connectivity index (χ2v) is 9.63. The molecule has 0 saturated carbocycles. The molecule has 2 N–H and O–H groups in total. The predicted molar refractivity (Wildman–Crippen MR) is 142 cm³/mol. The van der Waals surface area contributed by atoms with Gasteiger partial charge >= 0.3 is 0 Å². The van der Waals surface area contributed by atoms with Gasteiger partial charge in [-0.05, 0) is 12.8 Å². The van der Waals surface area contributed by atoms with E-state index in [1.165, 1.54) is 116 Å². The zero-order chi connectivity index (χ0) is 23.3. The molecule has 0 aliphatic heterocycles. The van der Waals surface area contributed by atoms with Crippen LogP contribution in [-0.4, -0.2) is 13.1 Å². The van der Waals surface area contributed by atoms with E-state index in [0.717, 1.165) is 25.9 Å². The fourth-order valence-corrected chi connectivity index (χ4v) is 4.38. The van der Waals surface area contributed by atoms with Crippen LogP contribution in [-0.2, 0) is 0 Å². The molecule has 0 aliphatic rings. The van der Waals surface area contributed by atoms with Crippen molar-refractivity contribution in [2.45, 2.75) is 142 Å². The van der Waals surface area contributed by atoms with Gasteiger partial charge in [0.25, 0.3) is 10.9 Å². The van der Waals surface area contributed by atoms with Gasteiger partial charge < -0.3 is 10.6 Å². The molecule has 1 aromatic rings. The van der Waals surface area contributed by atoms with Gasteiger partial charge in [-0.15, -0.1) is 0 Å². The minimum atomic E-state index is -0.345. The summed E-state index contributed by atoms with van der Waals surface area (Å²) < 4.78 is 0. The van der Waals surface area contributed by atoms with Crippen LogP contribution in [0.1, 0.15) is 142 Å². The Kier molecular flexibility index (Phi) is 18.2. The van der Waals surface area contributed by atoms with E-state index in [1.807, 2.05) is 0 Å². The van der Waals surface area contributed by atoms with E-state index in [0.29, 0.717) is 11.4 Å². The molecule has 0 unspecified atom stereocenters. The molecule has 0 fully saturated rings. The Morgan fingerprint density at radius 2 is 0.656 bits per heavy atom. The first-order chi connectivity index (χ1) is 15.7. The van der Waals surface area contributed by atoms with Gasteiger partial charge in [0.05, 0.1) is 0 Å². The number of anilines is 2. The lowest BCUT2D eigenvalue weighted by molar-refractivity contribution is 0.559. The lowest BCUT2D eigenvalue weighted by atomic mass is 10.1. The summed E-state index contributed by atoms with van der Waals surface area (Å²) in [6.45, 7) is 6.09. The molecule has 0 spiro atoms. The molecule has 0 aliphatic carbocycles. The van der Waals surface area contributed by atoms with E-state index in [2.05, 4.69) is 24.5 Å². The Hall–Kier alpha value is -1.32. The highest BCUT2D eigenvalue weighted by atomic mass is 16.2. The van der Waals surface area contributed by atoms with Gasteiger partial charge in [0, 0.05) is 13.1 Å². The third-order valence-corrected chi connectivity index (χ3v) is 6.57. The molecule has 0 heterocycles.